The van der Waals surface area contributed by atoms with E-state index >= 15 is 0 Å². The summed E-state index contributed by atoms with van der Waals surface area (Å²) in [4.78, 5) is 22.4. The van der Waals surface area contributed by atoms with Crippen LogP contribution in [0.25, 0.3) is 16.9 Å². The molecule has 6 heteroatoms. The zero-order chi connectivity index (χ0) is 16.1. The van der Waals surface area contributed by atoms with Gasteiger partial charge in [0.25, 0.3) is 0 Å². The molecular weight excluding hydrogens is 312 g/mol. The number of imidazole rings is 1. The van der Waals surface area contributed by atoms with Crippen molar-refractivity contribution in [2.24, 2.45) is 0 Å². The molecule has 0 fully saturated rings. The van der Waals surface area contributed by atoms with Gasteiger partial charge in [0.1, 0.15) is 16.5 Å². The van der Waals surface area contributed by atoms with E-state index in [4.69, 9.17) is 11.6 Å². The summed E-state index contributed by atoms with van der Waals surface area (Å²) in [6, 6.07) is 9.72. The van der Waals surface area contributed by atoms with Crippen molar-refractivity contribution in [3.05, 3.63) is 46.9 Å². The molecule has 0 saturated heterocycles. The Morgan fingerprint density at radius 2 is 2.04 bits per heavy atom. The highest BCUT2D eigenvalue weighted by atomic mass is 35.5. The quantitative estimate of drug-likeness (QED) is 0.645. The third kappa shape index (κ3) is 2.19. The molecule has 1 aromatic carbocycles. The Morgan fingerprint density at radius 1 is 1.22 bits per heavy atom. The van der Waals surface area contributed by atoms with E-state index in [-0.39, 0.29) is 5.91 Å². The molecule has 0 saturated carbocycles. The van der Waals surface area contributed by atoms with E-state index < -0.39 is 0 Å². The van der Waals surface area contributed by atoms with E-state index in [1.54, 1.807) is 13.0 Å². The number of hydrogen-bond acceptors (Lipinski definition) is 3. The molecule has 3 aromatic rings. The summed E-state index contributed by atoms with van der Waals surface area (Å²) in [6.45, 7) is 4.29. The molecule has 2 aromatic heterocycles. The van der Waals surface area contributed by atoms with E-state index in [0.29, 0.717) is 5.15 Å². The number of carbonyl (C=O) groups is 1. The van der Waals surface area contributed by atoms with Crippen molar-refractivity contribution in [3.63, 3.8) is 0 Å². The van der Waals surface area contributed by atoms with Crippen LogP contribution in [0.1, 0.15) is 18.3 Å². The molecule has 1 amide bonds. The second kappa shape index (κ2) is 5.06. The van der Waals surface area contributed by atoms with Gasteiger partial charge < -0.3 is 4.90 Å². The molecule has 1 aliphatic heterocycles. The summed E-state index contributed by atoms with van der Waals surface area (Å²) in [7, 11) is 0. The highest BCUT2D eigenvalue weighted by Gasteiger charge is 2.23. The third-order valence-electron chi connectivity index (χ3n) is 4.24. The summed E-state index contributed by atoms with van der Waals surface area (Å²) in [5.74, 6) is 0.936. The van der Waals surface area contributed by atoms with E-state index in [1.807, 2.05) is 34.6 Å². The Balaban J connectivity index is 1.88. The van der Waals surface area contributed by atoms with Crippen molar-refractivity contribution in [2.75, 3.05) is 11.4 Å². The van der Waals surface area contributed by atoms with Crippen LogP contribution in [0.3, 0.4) is 0 Å². The van der Waals surface area contributed by atoms with Gasteiger partial charge >= 0.3 is 0 Å². The lowest BCUT2D eigenvalue weighted by Gasteiger charge is -2.15. The molecule has 23 heavy (non-hydrogen) atoms. The van der Waals surface area contributed by atoms with Crippen LogP contribution in [-0.4, -0.2) is 27.0 Å². The van der Waals surface area contributed by atoms with Crippen LogP contribution in [0, 0.1) is 6.92 Å². The lowest BCUT2D eigenvalue weighted by atomic mass is 10.1. The van der Waals surface area contributed by atoms with E-state index in [2.05, 4.69) is 16.0 Å². The van der Waals surface area contributed by atoms with Crippen LogP contribution in [0.5, 0.6) is 0 Å². The molecular formula is C17H15ClN4O. The Labute approximate surface area is 138 Å². The number of anilines is 1. The number of aryl methyl sites for hydroxylation is 1. The fourth-order valence-electron chi connectivity index (χ4n) is 3.21. The van der Waals surface area contributed by atoms with Crippen molar-refractivity contribution < 1.29 is 4.79 Å². The predicted octanol–water partition coefficient (Wildman–Crippen LogP) is 3.29. The smallest absolute Gasteiger partial charge is 0.223 e. The van der Waals surface area contributed by atoms with Crippen molar-refractivity contribution in [3.8, 4) is 5.69 Å². The predicted molar refractivity (Wildman–Crippen MR) is 90.3 cm³/mol. The van der Waals surface area contributed by atoms with Crippen LogP contribution < -0.4 is 4.90 Å². The molecule has 0 aliphatic carbocycles. The lowest BCUT2D eigenvalue weighted by molar-refractivity contribution is -0.116. The lowest BCUT2D eigenvalue weighted by Crippen LogP contribution is -2.25. The monoisotopic (exact) mass is 326 g/mol. The largest absolute Gasteiger partial charge is 0.312 e. The fourth-order valence-corrected chi connectivity index (χ4v) is 3.35. The first-order chi connectivity index (χ1) is 11.0. The number of benzene rings is 1. The SMILES string of the molecule is CC(=O)N1CCc2cc(-n3c(C)nc4ccc(Cl)nc43)ccc21. The van der Waals surface area contributed by atoms with Crippen LogP contribution in [0.15, 0.2) is 30.3 Å². The third-order valence-corrected chi connectivity index (χ3v) is 4.45. The first-order valence-electron chi connectivity index (χ1n) is 7.47. The number of hydrogen-bond donors (Lipinski definition) is 0. The van der Waals surface area contributed by atoms with E-state index in [1.165, 1.54) is 5.56 Å². The minimum absolute atomic E-state index is 0.0780. The number of amides is 1. The summed E-state index contributed by atoms with van der Waals surface area (Å²) in [5, 5.41) is 0.447. The van der Waals surface area contributed by atoms with Gasteiger partial charge in [0.15, 0.2) is 5.65 Å². The number of rotatable bonds is 1. The molecule has 5 nitrogen and oxygen atoms in total. The van der Waals surface area contributed by atoms with Gasteiger partial charge in [0.05, 0.1) is 0 Å². The van der Waals surface area contributed by atoms with Crippen molar-refractivity contribution in [2.45, 2.75) is 20.3 Å². The van der Waals surface area contributed by atoms with Gasteiger partial charge in [-0.15, -0.1) is 0 Å². The number of aromatic nitrogens is 3. The molecule has 0 atom stereocenters. The minimum Gasteiger partial charge on any atom is -0.312 e. The number of carbonyl (C=O) groups excluding carboxylic acids is 1. The zero-order valence-electron chi connectivity index (χ0n) is 12.9. The normalized spacial score (nSPS) is 13.6. The summed E-state index contributed by atoms with van der Waals surface area (Å²) < 4.78 is 2.00. The maximum Gasteiger partial charge on any atom is 0.223 e. The van der Waals surface area contributed by atoms with Crippen LogP contribution >= 0.6 is 11.6 Å². The van der Waals surface area contributed by atoms with Gasteiger partial charge in [-0.3, -0.25) is 9.36 Å². The van der Waals surface area contributed by atoms with Crippen LogP contribution in [0.4, 0.5) is 5.69 Å². The maximum absolute atomic E-state index is 11.7. The molecule has 0 spiro atoms. The Kier molecular flexibility index (Phi) is 3.13. The van der Waals surface area contributed by atoms with Gasteiger partial charge in [0, 0.05) is 24.8 Å². The molecule has 0 bridgehead atoms. The molecule has 0 N–H and O–H groups in total. The summed E-state index contributed by atoms with van der Waals surface area (Å²) in [6.07, 6.45) is 0.864. The van der Waals surface area contributed by atoms with Crippen LogP contribution in [0.2, 0.25) is 5.15 Å². The molecule has 0 radical (unpaired) electrons. The average Bonchev–Trinajstić information content (AvgIpc) is 3.06. The van der Waals surface area contributed by atoms with Crippen LogP contribution in [-0.2, 0) is 11.2 Å². The summed E-state index contributed by atoms with van der Waals surface area (Å²) in [5.41, 5.74) is 4.72. The Morgan fingerprint density at radius 3 is 2.83 bits per heavy atom. The fraction of sp³-hybridized carbons (Fsp3) is 0.235. The second-order valence-electron chi connectivity index (χ2n) is 5.70. The molecule has 1 aliphatic rings. The molecule has 3 heterocycles. The number of pyridine rings is 1. The van der Waals surface area contributed by atoms with Crippen molar-refractivity contribution in [1.82, 2.24) is 14.5 Å². The molecule has 116 valence electrons. The van der Waals surface area contributed by atoms with Gasteiger partial charge in [-0.1, -0.05) is 11.6 Å². The maximum atomic E-state index is 11.7. The highest BCUT2D eigenvalue weighted by Crippen LogP contribution is 2.31. The Hall–Kier alpha value is -2.40. The number of halogens is 1. The minimum atomic E-state index is 0.0780. The highest BCUT2D eigenvalue weighted by molar-refractivity contribution is 6.29. The zero-order valence-corrected chi connectivity index (χ0v) is 13.6. The van der Waals surface area contributed by atoms with Crippen molar-refractivity contribution in [1.29, 1.82) is 0 Å². The Bertz CT molecular complexity index is 947. The van der Waals surface area contributed by atoms with E-state index in [9.17, 15) is 4.79 Å². The number of fused-ring (bicyclic) bond motifs is 2. The molecule has 0 unspecified atom stereocenters. The standard InChI is InChI=1S/C17H15ClN4O/c1-10-19-14-4-6-16(18)20-17(14)22(10)13-3-5-15-12(9-13)7-8-21(15)11(2)23/h3-6,9H,7-8H2,1-2H3. The van der Waals surface area contributed by atoms with E-state index in [0.717, 1.165) is 41.3 Å². The summed E-state index contributed by atoms with van der Waals surface area (Å²) >= 11 is 6.04. The second-order valence-corrected chi connectivity index (χ2v) is 6.09. The first kappa shape index (κ1) is 14.2. The molecule has 4 rings (SSSR count). The van der Waals surface area contributed by atoms with Crippen molar-refractivity contribution >= 4 is 34.4 Å². The van der Waals surface area contributed by atoms with Gasteiger partial charge in [-0.05, 0) is 49.2 Å². The van der Waals surface area contributed by atoms with Gasteiger partial charge in [0.2, 0.25) is 5.91 Å². The number of nitrogens with zero attached hydrogens (tertiary/aromatic N) is 4. The van der Waals surface area contributed by atoms with Gasteiger partial charge in [-0.25, -0.2) is 9.97 Å². The first-order valence-corrected chi connectivity index (χ1v) is 7.85. The topological polar surface area (TPSA) is 51.0 Å². The van der Waals surface area contributed by atoms with Gasteiger partial charge in [-0.2, -0.15) is 0 Å². The average molecular weight is 327 g/mol.